The molecular weight excluding hydrogens is 200 g/mol. The second kappa shape index (κ2) is 5.83. The molecule has 1 unspecified atom stereocenters. The second-order valence-electron chi connectivity index (χ2n) is 3.37. The number of hydrogen-bond acceptors (Lipinski definition) is 3. The first-order valence-corrected chi connectivity index (χ1v) is 5.06. The monoisotopic (exact) mass is 214 g/mol. The fourth-order valence-electron chi connectivity index (χ4n) is 1.13. The van der Waals surface area contributed by atoms with E-state index in [0.717, 1.165) is 18.7 Å². The van der Waals surface area contributed by atoms with Gasteiger partial charge in [-0.25, -0.2) is 4.98 Å². The van der Waals surface area contributed by atoms with E-state index in [-0.39, 0.29) is 6.61 Å². The molecule has 3 nitrogen and oxygen atoms in total. The van der Waals surface area contributed by atoms with Crippen LogP contribution < -0.4 is 5.32 Å². The summed E-state index contributed by atoms with van der Waals surface area (Å²) in [6, 6.07) is 3.66. The second-order valence-corrected chi connectivity index (χ2v) is 3.75. The van der Waals surface area contributed by atoms with Gasteiger partial charge in [-0.2, -0.15) is 0 Å². The molecule has 0 amide bonds. The third kappa shape index (κ3) is 3.94. The topological polar surface area (TPSA) is 45.1 Å². The van der Waals surface area contributed by atoms with Gasteiger partial charge in [-0.3, -0.25) is 0 Å². The fourth-order valence-corrected chi connectivity index (χ4v) is 1.30. The maximum atomic E-state index is 8.72. The average molecular weight is 215 g/mol. The summed E-state index contributed by atoms with van der Waals surface area (Å²) in [5, 5.41) is 12.4. The Morgan fingerprint density at radius 1 is 1.64 bits per heavy atom. The molecule has 1 aromatic rings. The molecule has 2 N–H and O–H groups in total. The van der Waals surface area contributed by atoms with Gasteiger partial charge in [-0.15, -0.1) is 0 Å². The minimum Gasteiger partial charge on any atom is -0.396 e. The molecule has 14 heavy (non-hydrogen) atoms. The van der Waals surface area contributed by atoms with E-state index >= 15 is 0 Å². The lowest BCUT2D eigenvalue weighted by atomic mass is 10.1. The first-order valence-electron chi connectivity index (χ1n) is 4.68. The van der Waals surface area contributed by atoms with Crippen LogP contribution in [0.1, 0.15) is 13.3 Å². The molecule has 1 aromatic heterocycles. The number of nitrogens with one attached hydrogen (secondary N) is 1. The highest BCUT2D eigenvalue weighted by atomic mass is 35.5. The maximum Gasteiger partial charge on any atom is 0.131 e. The molecule has 1 heterocycles. The van der Waals surface area contributed by atoms with E-state index in [0.29, 0.717) is 11.1 Å². The van der Waals surface area contributed by atoms with Gasteiger partial charge in [0.2, 0.25) is 0 Å². The van der Waals surface area contributed by atoms with Crippen LogP contribution in [0.15, 0.2) is 18.3 Å². The molecule has 78 valence electrons. The van der Waals surface area contributed by atoms with E-state index in [1.807, 2.05) is 6.07 Å². The zero-order valence-corrected chi connectivity index (χ0v) is 8.96. The molecule has 1 atom stereocenters. The van der Waals surface area contributed by atoms with Crippen molar-refractivity contribution in [2.45, 2.75) is 13.3 Å². The van der Waals surface area contributed by atoms with Crippen molar-refractivity contribution in [1.29, 1.82) is 0 Å². The SMILES string of the molecule is CC(CCO)CNc1ccnc(Cl)c1. The molecule has 0 saturated heterocycles. The minimum atomic E-state index is 0.236. The summed E-state index contributed by atoms with van der Waals surface area (Å²) >= 11 is 5.73. The molecule has 0 aliphatic heterocycles. The molecule has 1 rings (SSSR count). The van der Waals surface area contributed by atoms with Crippen molar-refractivity contribution in [2.75, 3.05) is 18.5 Å². The Bertz CT molecular complexity index is 281. The molecule has 0 spiro atoms. The van der Waals surface area contributed by atoms with E-state index in [2.05, 4.69) is 17.2 Å². The van der Waals surface area contributed by atoms with Gasteiger partial charge in [0.05, 0.1) is 0 Å². The van der Waals surface area contributed by atoms with Crippen LogP contribution in [0.4, 0.5) is 5.69 Å². The highest BCUT2D eigenvalue weighted by molar-refractivity contribution is 6.29. The van der Waals surface area contributed by atoms with Crippen molar-refractivity contribution in [3.63, 3.8) is 0 Å². The van der Waals surface area contributed by atoms with Crippen LogP contribution in [0.2, 0.25) is 5.15 Å². The summed E-state index contributed by atoms with van der Waals surface area (Å²) in [6.07, 6.45) is 2.48. The molecule has 0 bridgehead atoms. The first-order chi connectivity index (χ1) is 6.72. The number of aliphatic hydroxyl groups excluding tert-OH is 1. The summed E-state index contributed by atoms with van der Waals surface area (Å²) in [5.41, 5.74) is 0.967. The van der Waals surface area contributed by atoms with Crippen LogP contribution in [0, 0.1) is 5.92 Å². The van der Waals surface area contributed by atoms with E-state index in [9.17, 15) is 0 Å². The summed E-state index contributed by atoms with van der Waals surface area (Å²) in [7, 11) is 0. The van der Waals surface area contributed by atoms with Crippen LogP contribution in [0.5, 0.6) is 0 Å². The van der Waals surface area contributed by atoms with Gasteiger partial charge in [0.15, 0.2) is 0 Å². The molecule has 4 heteroatoms. The number of anilines is 1. The number of aliphatic hydroxyl groups is 1. The summed E-state index contributed by atoms with van der Waals surface area (Å²) in [4.78, 5) is 3.89. The quantitative estimate of drug-likeness (QED) is 0.739. The summed E-state index contributed by atoms with van der Waals surface area (Å²) in [6.45, 7) is 3.16. The number of halogens is 1. The number of aromatic nitrogens is 1. The van der Waals surface area contributed by atoms with Crippen LogP contribution >= 0.6 is 11.6 Å². The van der Waals surface area contributed by atoms with Crippen LogP contribution in [-0.2, 0) is 0 Å². The van der Waals surface area contributed by atoms with Gasteiger partial charge in [-0.1, -0.05) is 18.5 Å². The largest absolute Gasteiger partial charge is 0.396 e. The van der Waals surface area contributed by atoms with Crippen LogP contribution in [0.25, 0.3) is 0 Å². The van der Waals surface area contributed by atoms with Gasteiger partial charge in [-0.05, 0) is 24.5 Å². The molecule has 0 radical (unpaired) electrons. The zero-order valence-electron chi connectivity index (χ0n) is 8.20. The van der Waals surface area contributed by atoms with Gasteiger partial charge >= 0.3 is 0 Å². The van der Waals surface area contributed by atoms with Crippen LogP contribution in [0.3, 0.4) is 0 Å². The number of hydrogen-bond donors (Lipinski definition) is 2. The molecule has 0 aliphatic carbocycles. The van der Waals surface area contributed by atoms with Crippen molar-refractivity contribution in [3.8, 4) is 0 Å². The highest BCUT2D eigenvalue weighted by Crippen LogP contribution is 2.12. The predicted molar refractivity (Wildman–Crippen MR) is 58.6 cm³/mol. The summed E-state index contributed by atoms with van der Waals surface area (Å²) in [5.74, 6) is 0.451. The normalized spacial score (nSPS) is 12.5. The van der Waals surface area contributed by atoms with E-state index in [1.54, 1.807) is 12.3 Å². The Balaban J connectivity index is 2.37. The van der Waals surface area contributed by atoms with Crippen molar-refractivity contribution >= 4 is 17.3 Å². The van der Waals surface area contributed by atoms with E-state index in [4.69, 9.17) is 16.7 Å². The van der Waals surface area contributed by atoms with E-state index < -0.39 is 0 Å². The Hall–Kier alpha value is -0.800. The van der Waals surface area contributed by atoms with Gasteiger partial charge in [0.25, 0.3) is 0 Å². The third-order valence-corrected chi connectivity index (χ3v) is 2.21. The van der Waals surface area contributed by atoms with Crippen LogP contribution in [-0.4, -0.2) is 23.2 Å². The molecule has 0 saturated carbocycles. The minimum absolute atomic E-state index is 0.236. The number of pyridine rings is 1. The van der Waals surface area contributed by atoms with E-state index in [1.165, 1.54) is 0 Å². The Kier molecular flexibility index (Phi) is 4.70. The van der Waals surface area contributed by atoms with Gasteiger partial charge in [0.1, 0.15) is 5.15 Å². The highest BCUT2D eigenvalue weighted by Gasteiger charge is 2.01. The molecule has 0 aromatic carbocycles. The van der Waals surface area contributed by atoms with Crippen molar-refractivity contribution < 1.29 is 5.11 Å². The maximum absolute atomic E-state index is 8.72. The zero-order chi connectivity index (χ0) is 10.4. The van der Waals surface area contributed by atoms with Gasteiger partial charge in [0, 0.05) is 25.0 Å². The predicted octanol–water partition coefficient (Wildman–Crippen LogP) is 2.17. The van der Waals surface area contributed by atoms with Crippen molar-refractivity contribution in [1.82, 2.24) is 4.98 Å². The Morgan fingerprint density at radius 3 is 3.07 bits per heavy atom. The standard InChI is InChI=1S/C10H15ClN2O/c1-8(3-5-14)7-13-9-2-4-12-10(11)6-9/h2,4,6,8,14H,3,5,7H2,1H3,(H,12,13). The third-order valence-electron chi connectivity index (χ3n) is 2.00. The molecule has 0 fully saturated rings. The lowest BCUT2D eigenvalue weighted by Crippen LogP contribution is -2.12. The van der Waals surface area contributed by atoms with Gasteiger partial charge < -0.3 is 10.4 Å². The smallest absolute Gasteiger partial charge is 0.131 e. The molecular formula is C10H15ClN2O. The lowest BCUT2D eigenvalue weighted by molar-refractivity contribution is 0.266. The number of nitrogens with zero attached hydrogens (tertiary/aromatic N) is 1. The lowest BCUT2D eigenvalue weighted by Gasteiger charge is -2.11. The Morgan fingerprint density at radius 2 is 2.43 bits per heavy atom. The average Bonchev–Trinajstić information content (AvgIpc) is 2.15. The summed E-state index contributed by atoms with van der Waals surface area (Å²) < 4.78 is 0. The van der Waals surface area contributed by atoms with Crippen molar-refractivity contribution in [3.05, 3.63) is 23.5 Å². The van der Waals surface area contributed by atoms with Crippen molar-refractivity contribution in [2.24, 2.45) is 5.92 Å². The molecule has 0 aliphatic rings. The first kappa shape index (κ1) is 11.3. The Labute approximate surface area is 89.1 Å². The fraction of sp³-hybridized carbons (Fsp3) is 0.500. The number of rotatable bonds is 5.